The van der Waals surface area contributed by atoms with Gasteiger partial charge in [-0.25, -0.2) is 0 Å². The van der Waals surface area contributed by atoms with E-state index in [0.29, 0.717) is 24.5 Å². The number of benzene rings is 2. The molecule has 0 radical (unpaired) electrons. The Hall–Kier alpha value is -3.39. The van der Waals surface area contributed by atoms with Crippen molar-refractivity contribution in [2.75, 3.05) is 36.5 Å². The quantitative estimate of drug-likeness (QED) is 0.625. The molecule has 3 amide bonds. The van der Waals surface area contributed by atoms with Crippen LogP contribution in [0.3, 0.4) is 0 Å². The summed E-state index contributed by atoms with van der Waals surface area (Å²) < 4.78 is 11.1. The summed E-state index contributed by atoms with van der Waals surface area (Å²) >= 11 is 0. The second-order valence-corrected chi connectivity index (χ2v) is 8.93. The Morgan fingerprint density at radius 2 is 1.94 bits per heavy atom. The molecular weight excluding hydrogens is 434 g/mol. The molecule has 2 atom stereocenters. The van der Waals surface area contributed by atoms with Gasteiger partial charge in [0.2, 0.25) is 11.8 Å². The largest absolute Gasteiger partial charge is 0.484 e. The Balaban J connectivity index is 1.26. The fourth-order valence-corrected chi connectivity index (χ4v) is 4.31. The number of ether oxygens (including phenoxy) is 2. The van der Waals surface area contributed by atoms with Crippen LogP contribution in [0.4, 0.5) is 11.4 Å². The van der Waals surface area contributed by atoms with E-state index in [9.17, 15) is 14.4 Å². The highest BCUT2D eigenvalue weighted by atomic mass is 16.5. The zero-order chi connectivity index (χ0) is 24.1. The van der Waals surface area contributed by atoms with E-state index >= 15 is 0 Å². The summed E-state index contributed by atoms with van der Waals surface area (Å²) in [6.45, 7) is 5.40. The van der Waals surface area contributed by atoms with Crippen molar-refractivity contribution in [1.82, 2.24) is 5.32 Å². The van der Waals surface area contributed by atoms with E-state index in [1.54, 1.807) is 29.2 Å². The first-order valence-corrected chi connectivity index (χ1v) is 11.7. The van der Waals surface area contributed by atoms with Gasteiger partial charge in [0.1, 0.15) is 5.75 Å². The molecule has 0 spiro atoms. The number of anilines is 2. The minimum Gasteiger partial charge on any atom is -0.484 e. The average Bonchev–Trinajstić information content (AvgIpc) is 3.48. The third kappa shape index (κ3) is 5.94. The van der Waals surface area contributed by atoms with Gasteiger partial charge in [0.05, 0.1) is 12.0 Å². The third-order valence-corrected chi connectivity index (χ3v) is 6.20. The van der Waals surface area contributed by atoms with Gasteiger partial charge in [-0.15, -0.1) is 0 Å². The lowest BCUT2D eigenvalue weighted by Gasteiger charge is -2.18. The van der Waals surface area contributed by atoms with Gasteiger partial charge in [0, 0.05) is 37.5 Å². The Bertz CT molecular complexity index is 1050. The van der Waals surface area contributed by atoms with Gasteiger partial charge in [-0.1, -0.05) is 17.7 Å². The van der Waals surface area contributed by atoms with Crippen LogP contribution < -0.4 is 20.3 Å². The number of nitrogens with one attached hydrogen (secondary N) is 2. The van der Waals surface area contributed by atoms with Crippen molar-refractivity contribution >= 4 is 29.1 Å². The van der Waals surface area contributed by atoms with Crippen molar-refractivity contribution in [3.8, 4) is 5.75 Å². The fourth-order valence-electron chi connectivity index (χ4n) is 4.31. The van der Waals surface area contributed by atoms with E-state index < -0.39 is 0 Å². The normalized spacial score (nSPS) is 19.8. The average molecular weight is 466 g/mol. The molecule has 0 saturated carbocycles. The van der Waals surface area contributed by atoms with Crippen molar-refractivity contribution in [2.24, 2.45) is 5.92 Å². The Kier molecular flexibility index (Phi) is 7.47. The summed E-state index contributed by atoms with van der Waals surface area (Å²) in [5.74, 6) is -0.293. The van der Waals surface area contributed by atoms with Gasteiger partial charge in [0.15, 0.2) is 6.61 Å². The molecule has 0 bridgehead atoms. The summed E-state index contributed by atoms with van der Waals surface area (Å²) in [5.41, 5.74) is 3.59. The molecule has 0 aromatic heterocycles. The number of carbonyl (C=O) groups excluding carboxylic acids is 3. The van der Waals surface area contributed by atoms with Gasteiger partial charge in [-0.3, -0.25) is 14.4 Å². The lowest BCUT2D eigenvalue weighted by molar-refractivity contribution is -0.126. The topological polar surface area (TPSA) is 97.0 Å². The van der Waals surface area contributed by atoms with Crippen LogP contribution in [-0.2, 0) is 19.1 Å². The summed E-state index contributed by atoms with van der Waals surface area (Å²) in [5, 5.41) is 5.77. The molecule has 0 unspecified atom stereocenters. The van der Waals surface area contributed by atoms with Crippen LogP contribution in [0.15, 0.2) is 42.5 Å². The molecule has 8 heteroatoms. The molecule has 2 N–H and O–H groups in total. The highest BCUT2D eigenvalue weighted by molar-refractivity contribution is 6.00. The van der Waals surface area contributed by atoms with Crippen LogP contribution in [0.25, 0.3) is 0 Å². The lowest BCUT2D eigenvalue weighted by atomic mass is 10.1. The van der Waals surface area contributed by atoms with Crippen LogP contribution in [0.1, 0.15) is 30.4 Å². The van der Waals surface area contributed by atoms with Crippen LogP contribution in [0.5, 0.6) is 5.75 Å². The van der Waals surface area contributed by atoms with Gasteiger partial charge in [-0.2, -0.15) is 0 Å². The van der Waals surface area contributed by atoms with Crippen LogP contribution in [0, 0.1) is 19.8 Å². The molecule has 2 fully saturated rings. The second-order valence-electron chi connectivity index (χ2n) is 8.93. The molecule has 4 rings (SSSR count). The monoisotopic (exact) mass is 465 g/mol. The number of carbonyl (C=O) groups is 3. The molecule has 2 aromatic carbocycles. The number of rotatable bonds is 8. The summed E-state index contributed by atoms with van der Waals surface area (Å²) in [4.78, 5) is 38.9. The van der Waals surface area contributed by atoms with E-state index in [-0.39, 0.29) is 42.8 Å². The van der Waals surface area contributed by atoms with E-state index in [4.69, 9.17) is 9.47 Å². The number of nitrogens with zero attached hydrogens (tertiary/aromatic N) is 1. The molecule has 2 aliphatic rings. The molecule has 2 aromatic rings. The minimum atomic E-state index is -0.376. The second kappa shape index (κ2) is 10.7. The van der Waals surface area contributed by atoms with E-state index in [0.717, 1.165) is 36.3 Å². The molecule has 2 saturated heterocycles. The van der Waals surface area contributed by atoms with Crippen molar-refractivity contribution < 1.29 is 23.9 Å². The fraction of sp³-hybridized carbons (Fsp3) is 0.423. The Morgan fingerprint density at radius 1 is 1.15 bits per heavy atom. The Morgan fingerprint density at radius 3 is 2.65 bits per heavy atom. The first-order chi connectivity index (χ1) is 16.4. The van der Waals surface area contributed by atoms with Crippen LogP contribution in [0.2, 0.25) is 0 Å². The molecule has 2 heterocycles. The molecule has 8 nitrogen and oxygen atoms in total. The maximum Gasteiger partial charge on any atom is 0.262 e. The van der Waals surface area contributed by atoms with Crippen LogP contribution in [-0.4, -0.2) is 50.1 Å². The molecule has 0 aliphatic carbocycles. The van der Waals surface area contributed by atoms with Gasteiger partial charge in [-0.05, 0) is 62.6 Å². The first kappa shape index (κ1) is 23.8. The molecule has 34 heavy (non-hydrogen) atoms. The number of amides is 3. The highest BCUT2D eigenvalue weighted by Crippen LogP contribution is 2.27. The zero-order valence-electron chi connectivity index (χ0n) is 19.6. The molecule has 180 valence electrons. The van der Waals surface area contributed by atoms with Gasteiger partial charge in [0.25, 0.3) is 5.91 Å². The predicted molar refractivity (Wildman–Crippen MR) is 129 cm³/mol. The number of aryl methyl sites for hydroxylation is 2. The van der Waals surface area contributed by atoms with Gasteiger partial charge < -0.3 is 25.0 Å². The third-order valence-electron chi connectivity index (χ3n) is 6.20. The lowest BCUT2D eigenvalue weighted by Crippen LogP contribution is -2.37. The summed E-state index contributed by atoms with van der Waals surface area (Å²) in [6.07, 6.45) is 2.24. The van der Waals surface area contributed by atoms with Crippen molar-refractivity contribution in [2.45, 2.75) is 39.2 Å². The summed E-state index contributed by atoms with van der Waals surface area (Å²) in [6, 6.07) is 12.8. The minimum absolute atomic E-state index is 0.0766. The smallest absolute Gasteiger partial charge is 0.262 e. The van der Waals surface area contributed by atoms with Crippen LogP contribution >= 0.6 is 0 Å². The maximum atomic E-state index is 12.5. The predicted octanol–water partition coefficient (Wildman–Crippen LogP) is 2.97. The molecule has 2 aliphatic heterocycles. The SMILES string of the molecule is Cc1ccc(NC(=O)COc2ccc(N3C[C@H](C(=O)NC[C@@H]4CCCO4)CC3=O)cc2)c(C)c1. The maximum absolute atomic E-state index is 12.5. The van der Waals surface area contributed by atoms with Crippen molar-refractivity contribution in [3.05, 3.63) is 53.6 Å². The van der Waals surface area contributed by atoms with Crippen molar-refractivity contribution in [1.29, 1.82) is 0 Å². The molecular formula is C26H31N3O5. The highest BCUT2D eigenvalue weighted by Gasteiger charge is 2.35. The standard InChI is InChI=1S/C26H31N3O5/c1-17-5-10-23(18(2)12-17)28-24(30)16-34-21-8-6-20(7-9-21)29-15-19(13-25(29)31)26(32)27-14-22-4-3-11-33-22/h5-10,12,19,22H,3-4,11,13-16H2,1-2H3,(H,27,32)(H,28,30)/t19-,22+/m1/s1. The van der Waals surface area contributed by atoms with E-state index in [1.807, 2.05) is 32.0 Å². The van der Waals surface area contributed by atoms with Gasteiger partial charge >= 0.3 is 0 Å². The Labute approximate surface area is 199 Å². The number of hydrogen-bond acceptors (Lipinski definition) is 5. The van der Waals surface area contributed by atoms with E-state index in [2.05, 4.69) is 10.6 Å². The first-order valence-electron chi connectivity index (χ1n) is 11.7. The number of hydrogen-bond donors (Lipinski definition) is 2. The van der Waals surface area contributed by atoms with E-state index in [1.165, 1.54) is 0 Å². The summed E-state index contributed by atoms with van der Waals surface area (Å²) in [7, 11) is 0. The zero-order valence-corrected chi connectivity index (χ0v) is 19.6. The van der Waals surface area contributed by atoms with Crippen molar-refractivity contribution in [3.63, 3.8) is 0 Å².